The maximum atomic E-state index is 12.4. The van der Waals surface area contributed by atoms with Crippen LogP contribution in [0.15, 0.2) is 0 Å². The molecule has 0 spiro atoms. The average Bonchev–Trinajstić information content (AvgIpc) is 2.65. The first-order valence-electron chi connectivity index (χ1n) is 11.0. The summed E-state index contributed by atoms with van der Waals surface area (Å²) in [6, 6.07) is 0. The molecular formula is C21H35F6O3-. The highest BCUT2D eigenvalue weighted by Crippen LogP contribution is 2.41. The van der Waals surface area contributed by atoms with Gasteiger partial charge in [0.15, 0.2) is 5.60 Å². The van der Waals surface area contributed by atoms with E-state index in [1.165, 1.54) is 51.4 Å². The third kappa shape index (κ3) is 10.9. The van der Waals surface area contributed by atoms with Gasteiger partial charge in [-0.3, -0.25) is 4.79 Å². The van der Waals surface area contributed by atoms with Gasteiger partial charge in [0.05, 0.1) is 6.61 Å². The molecule has 0 aromatic carbocycles. The molecule has 0 amide bonds. The number of carbonyl (C=O) groups is 1. The van der Waals surface area contributed by atoms with Gasteiger partial charge in [0.25, 0.3) is 0 Å². The highest BCUT2D eigenvalue weighted by Gasteiger charge is 2.68. The maximum absolute atomic E-state index is 12.4. The minimum atomic E-state index is -6.31. The second-order valence-corrected chi connectivity index (χ2v) is 7.76. The normalized spacial score (nSPS) is 12.9. The Labute approximate surface area is 175 Å². The van der Waals surface area contributed by atoms with Gasteiger partial charge < -0.3 is 9.84 Å². The number of halogens is 6. The molecule has 0 heterocycles. The lowest BCUT2D eigenvalue weighted by Gasteiger charge is -2.40. The molecule has 9 heteroatoms. The Morgan fingerprint density at radius 3 is 1.23 bits per heavy atom. The molecule has 0 radical (unpaired) electrons. The molecule has 0 aliphatic carbocycles. The molecule has 0 saturated carbocycles. The molecule has 0 rings (SSSR count). The van der Waals surface area contributed by atoms with E-state index in [1.807, 2.05) is 0 Å². The number of esters is 1. The van der Waals surface area contributed by atoms with Crippen molar-refractivity contribution in [2.24, 2.45) is 0 Å². The second-order valence-electron chi connectivity index (χ2n) is 7.76. The quantitative estimate of drug-likeness (QED) is 0.142. The number of ether oxygens (including phenoxy) is 1. The maximum Gasteiger partial charge on any atom is 0.399 e. The SMILES string of the molecule is CCCCCCCCCCCCCCCCCOC(=O)C([O-])(C(F)(F)F)C(F)(F)F. The fraction of sp³-hybridized carbons (Fsp3) is 0.952. The van der Waals surface area contributed by atoms with Gasteiger partial charge in [-0.15, -0.1) is 0 Å². The number of unbranched alkanes of at least 4 members (excludes halogenated alkanes) is 14. The van der Waals surface area contributed by atoms with Crippen LogP contribution in [0.1, 0.15) is 103 Å². The Morgan fingerprint density at radius 2 is 0.933 bits per heavy atom. The zero-order valence-corrected chi connectivity index (χ0v) is 17.8. The largest absolute Gasteiger partial charge is 0.828 e. The van der Waals surface area contributed by atoms with E-state index in [9.17, 15) is 36.2 Å². The summed E-state index contributed by atoms with van der Waals surface area (Å²) in [6.45, 7) is 1.57. The van der Waals surface area contributed by atoms with Crippen molar-refractivity contribution in [3.05, 3.63) is 0 Å². The minimum absolute atomic E-state index is 0.121. The van der Waals surface area contributed by atoms with Crippen LogP contribution in [0.3, 0.4) is 0 Å². The van der Waals surface area contributed by atoms with Crippen molar-refractivity contribution in [1.29, 1.82) is 0 Å². The molecule has 0 aromatic heterocycles. The zero-order chi connectivity index (χ0) is 23.1. The van der Waals surface area contributed by atoms with Crippen LogP contribution < -0.4 is 5.11 Å². The minimum Gasteiger partial charge on any atom is -0.828 e. The molecule has 0 atom stereocenters. The fourth-order valence-electron chi connectivity index (χ4n) is 3.13. The fourth-order valence-corrected chi connectivity index (χ4v) is 3.13. The van der Waals surface area contributed by atoms with Crippen molar-refractivity contribution < 1.29 is 41.0 Å². The monoisotopic (exact) mass is 449 g/mol. The van der Waals surface area contributed by atoms with E-state index in [0.717, 1.165) is 32.1 Å². The lowest BCUT2D eigenvalue weighted by molar-refractivity contribution is -0.574. The smallest absolute Gasteiger partial charge is 0.399 e. The molecule has 0 aliphatic rings. The Balaban J connectivity index is 3.69. The predicted octanol–water partition coefficient (Wildman–Crippen LogP) is 6.62. The first-order chi connectivity index (χ1) is 14.0. The highest BCUT2D eigenvalue weighted by atomic mass is 19.4. The summed E-state index contributed by atoms with van der Waals surface area (Å²) in [6.07, 6.45) is 3.15. The number of hydrogen-bond acceptors (Lipinski definition) is 3. The van der Waals surface area contributed by atoms with E-state index >= 15 is 0 Å². The molecule has 0 N–H and O–H groups in total. The lowest BCUT2D eigenvalue weighted by atomic mass is 10.0. The van der Waals surface area contributed by atoms with Crippen molar-refractivity contribution >= 4 is 5.97 Å². The molecule has 0 aliphatic heterocycles. The van der Waals surface area contributed by atoms with E-state index in [4.69, 9.17) is 0 Å². The summed E-state index contributed by atoms with van der Waals surface area (Å²) < 4.78 is 78.5. The Morgan fingerprint density at radius 1 is 0.633 bits per heavy atom. The van der Waals surface area contributed by atoms with E-state index in [-0.39, 0.29) is 6.42 Å². The van der Waals surface area contributed by atoms with E-state index in [0.29, 0.717) is 6.42 Å². The molecular weight excluding hydrogens is 414 g/mol. The van der Waals surface area contributed by atoms with Crippen LogP contribution in [0, 0.1) is 0 Å². The van der Waals surface area contributed by atoms with Gasteiger partial charge in [-0.1, -0.05) is 96.8 Å². The molecule has 0 bridgehead atoms. The number of rotatable bonds is 17. The Bertz CT molecular complexity index is 435. The molecule has 0 unspecified atom stereocenters. The average molecular weight is 449 g/mol. The molecule has 0 fully saturated rings. The van der Waals surface area contributed by atoms with Gasteiger partial charge in [-0.2, -0.15) is 26.3 Å². The Kier molecular flexibility index (Phi) is 14.4. The zero-order valence-electron chi connectivity index (χ0n) is 17.8. The van der Waals surface area contributed by atoms with E-state index in [2.05, 4.69) is 11.7 Å². The second kappa shape index (κ2) is 14.9. The van der Waals surface area contributed by atoms with Crippen molar-refractivity contribution in [1.82, 2.24) is 0 Å². The van der Waals surface area contributed by atoms with Gasteiger partial charge in [-0.25, -0.2) is 0 Å². The van der Waals surface area contributed by atoms with Crippen LogP contribution >= 0.6 is 0 Å². The van der Waals surface area contributed by atoms with Crippen LogP contribution in [0.2, 0.25) is 0 Å². The lowest BCUT2D eigenvalue weighted by Crippen LogP contribution is -2.71. The molecule has 3 nitrogen and oxygen atoms in total. The summed E-state index contributed by atoms with van der Waals surface area (Å²) >= 11 is 0. The van der Waals surface area contributed by atoms with Gasteiger partial charge >= 0.3 is 18.3 Å². The third-order valence-corrected chi connectivity index (χ3v) is 5.07. The summed E-state index contributed by atoms with van der Waals surface area (Å²) in [5.74, 6) is -2.84. The number of hydrogen-bond donors (Lipinski definition) is 0. The van der Waals surface area contributed by atoms with Crippen molar-refractivity contribution in [2.75, 3.05) is 6.61 Å². The molecule has 30 heavy (non-hydrogen) atoms. The molecule has 0 aromatic rings. The Hall–Kier alpha value is -0.990. The van der Waals surface area contributed by atoms with Crippen LogP contribution in [0.25, 0.3) is 0 Å². The van der Waals surface area contributed by atoms with Gasteiger partial charge in [0.2, 0.25) is 0 Å². The summed E-state index contributed by atoms with van der Waals surface area (Å²) in [5, 5.41) is 11.1. The number of alkyl halides is 6. The highest BCUT2D eigenvalue weighted by molar-refractivity contribution is 5.81. The molecule has 180 valence electrons. The van der Waals surface area contributed by atoms with E-state index in [1.54, 1.807) is 0 Å². The van der Waals surface area contributed by atoms with Crippen molar-refractivity contribution in [2.45, 2.75) is 121 Å². The van der Waals surface area contributed by atoms with E-state index < -0.39 is 30.5 Å². The van der Waals surface area contributed by atoms with Gasteiger partial charge in [0, 0.05) is 0 Å². The molecule has 0 saturated heterocycles. The number of carbonyl (C=O) groups excluding carboxylic acids is 1. The topological polar surface area (TPSA) is 49.4 Å². The predicted molar refractivity (Wildman–Crippen MR) is 101 cm³/mol. The van der Waals surface area contributed by atoms with Crippen LogP contribution in [0.4, 0.5) is 26.3 Å². The summed E-state index contributed by atoms with van der Waals surface area (Å²) in [4.78, 5) is 11.1. The first-order valence-corrected chi connectivity index (χ1v) is 11.0. The van der Waals surface area contributed by atoms with Crippen LogP contribution in [-0.2, 0) is 9.53 Å². The van der Waals surface area contributed by atoms with Gasteiger partial charge in [0.1, 0.15) is 0 Å². The third-order valence-electron chi connectivity index (χ3n) is 5.07. The van der Waals surface area contributed by atoms with Crippen molar-refractivity contribution in [3.8, 4) is 0 Å². The summed E-state index contributed by atoms with van der Waals surface area (Å²) in [5.41, 5.74) is -5.74. The van der Waals surface area contributed by atoms with Crippen LogP contribution in [0.5, 0.6) is 0 Å². The van der Waals surface area contributed by atoms with Crippen LogP contribution in [-0.4, -0.2) is 30.5 Å². The first kappa shape index (κ1) is 29.0. The van der Waals surface area contributed by atoms with Gasteiger partial charge in [-0.05, 0) is 6.42 Å². The summed E-state index contributed by atoms with van der Waals surface area (Å²) in [7, 11) is 0. The van der Waals surface area contributed by atoms with Crippen molar-refractivity contribution in [3.63, 3.8) is 0 Å². The standard InChI is InChI=1S/C21H35F6O3/c1-2-3-4-5-6-7-8-9-10-11-12-13-14-15-16-17-30-18(28)19(29,20(22,23)24)21(25,26)27/h2-17H2,1H3/q-1.